The fraction of sp³-hybridized carbons (Fsp3) is 0.250. The van der Waals surface area contributed by atoms with Gasteiger partial charge in [-0.25, -0.2) is 8.42 Å². The number of sulfonamides is 1. The van der Waals surface area contributed by atoms with Crippen molar-refractivity contribution < 1.29 is 8.42 Å². The summed E-state index contributed by atoms with van der Waals surface area (Å²) in [6, 6.07) is 12.7. The molecule has 0 saturated heterocycles. The van der Waals surface area contributed by atoms with Gasteiger partial charge >= 0.3 is 0 Å². The van der Waals surface area contributed by atoms with Crippen LogP contribution in [0, 0.1) is 0 Å². The third-order valence-electron chi connectivity index (χ3n) is 3.36. The highest BCUT2D eigenvalue weighted by atomic mass is 79.9. The van der Waals surface area contributed by atoms with E-state index in [4.69, 9.17) is 0 Å². The topological polar surface area (TPSA) is 46.2 Å². The van der Waals surface area contributed by atoms with Crippen LogP contribution in [0.1, 0.15) is 25.0 Å². The number of hydrogen-bond donors (Lipinski definition) is 1. The molecule has 0 saturated carbocycles. The second-order valence-corrected chi connectivity index (χ2v) is 7.20. The SMILES string of the molecule is CCc1cccc(CC)c1NS(=O)(=O)c1ccccc1Br. The van der Waals surface area contributed by atoms with E-state index in [0.29, 0.717) is 10.2 Å². The number of halogens is 1. The average Bonchev–Trinajstić information content (AvgIpc) is 2.47. The van der Waals surface area contributed by atoms with E-state index in [0.717, 1.165) is 24.0 Å². The standard InChI is InChI=1S/C16H18BrNO2S/c1-3-12-8-7-9-13(4-2)16(12)18-21(19,20)15-11-6-5-10-14(15)17/h5-11,18H,3-4H2,1-2H3. The summed E-state index contributed by atoms with van der Waals surface area (Å²) in [4.78, 5) is 0.248. The van der Waals surface area contributed by atoms with Crippen molar-refractivity contribution >= 4 is 31.6 Å². The van der Waals surface area contributed by atoms with E-state index in [9.17, 15) is 8.42 Å². The number of benzene rings is 2. The summed E-state index contributed by atoms with van der Waals surface area (Å²) in [7, 11) is -3.61. The summed E-state index contributed by atoms with van der Waals surface area (Å²) in [6.45, 7) is 4.04. The first-order chi connectivity index (χ1) is 9.99. The molecular weight excluding hydrogens is 350 g/mol. The van der Waals surface area contributed by atoms with Crippen LogP contribution in [0.5, 0.6) is 0 Å². The van der Waals surface area contributed by atoms with Gasteiger partial charge < -0.3 is 0 Å². The molecule has 0 bridgehead atoms. The number of anilines is 1. The van der Waals surface area contributed by atoms with Gasteiger partial charge in [-0.15, -0.1) is 0 Å². The van der Waals surface area contributed by atoms with E-state index in [1.807, 2.05) is 32.0 Å². The van der Waals surface area contributed by atoms with Crippen molar-refractivity contribution in [2.24, 2.45) is 0 Å². The molecule has 0 aliphatic carbocycles. The van der Waals surface area contributed by atoms with Crippen LogP contribution in [0.3, 0.4) is 0 Å². The van der Waals surface area contributed by atoms with Crippen molar-refractivity contribution in [3.8, 4) is 0 Å². The van der Waals surface area contributed by atoms with Gasteiger partial charge in [0.15, 0.2) is 0 Å². The van der Waals surface area contributed by atoms with Crippen LogP contribution in [0.15, 0.2) is 51.8 Å². The smallest absolute Gasteiger partial charge is 0.263 e. The Bertz CT molecular complexity index is 719. The van der Waals surface area contributed by atoms with E-state index in [-0.39, 0.29) is 4.90 Å². The Balaban J connectivity index is 2.49. The lowest BCUT2D eigenvalue weighted by molar-refractivity contribution is 0.600. The maximum Gasteiger partial charge on any atom is 0.263 e. The van der Waals surface area contributed by atoms with Gasteiger partial charge in [0.2, 0.25) is 0 Å². The van der Waals surface area contributed by atoms with Gasteiger partial charge in [-0.2, -0.15) is 0 Å². The second-order valence-electron chi connectivity index (χ2n) is 4.69. The Labute approximate surface area is 134 Å². The molecule has 0 amide bonds. The number of para-hydroxylation sites is 1. The molecular formula is C16H18BrNO2S. The Morgan fingerprint density at radius 3 is 2.05 bits per heavy atom. The minimum absolute atomic E-state index is 0.248. The molecule has 0 fully saturated rings. The monoisotopic (exact) mass is 367 g/mol. The van der Waals surface area contributed by atoms with Gasteiger partial charge in [-0.3, -0.25) is 4.72 Å². The average molecular weight is 368 g/mol. The van der Waals surface area contributed by atoms with Gasteiger partial charge in [0.1, 0.15) is 4.90 Å². The number of aryl methyl sites for hydroxylation is 2. The molecule has 3 nitrogen and oxygen atoms in total. The van der Waals surface area contributed by atoms with Gasteiger partial charge in [0.25, 0.3) is 10.0 Å². The van der Waals surface area contributed by atoms with Gasteiger partial charge in [-0.05, 0) is 52.0 Å². The first-order valence-corrected chi connectivity index (χ1v) is 9.15. The van der Waals surface area contributed by atoms with Crippen LogP contribution >= 0.6 is 15.9 Å². The van der Waals surface area contributed by atoms with E-state index >= 15 is 0 Å². The Hall–Kier alpha value is -1.33. The number of rotatable bonds is 5. The molecule has 1 N–H and O–H groups in total. The normalized spacial score (nSPS) is 11.4. The molecule has 0 aromatic heterocycles. The Morgan fingerprint density at radius 1 is 0.952 bits per heavy atom. The van der Waals surface area contributed by atoms with E-state index < -0.39 is 10.0 Å². The highest BCUT2D eigenvalue weighted by Crippen LogP contribution is 2.28. The van der Waals surface area contributed by atoms with Crippen LogP contribution in [0.25, 0.3) is 0 Å². The summed E-state index contributed by atoms with van der Waals surface area (Å²) in [5, 5.41) is 0. The Kier molecular flexibility index (Phi) is 5.06. The van der Waals surface area contributed by atoms with E-state index in [1.165, 1.54) is 0 Å². The van der Waals surface area contributed by atoms with Crippen molar-refractivity contribution in [1.29, 1.82) is 0 Å². The molecule has 21 heavy (non-hydrogen) atoms. The van der Waals surface area contributed by atoms with Crippen molar-refractivity contribution in [3.63, 3.8) is 0 Å². The predicted molar refractivity (Wildman–Crippen MR) is 90.1 cm³/mol. The number of nitrogens with one attached hydrogen (secondary N) is 1. The highest BCUT2D eigenvalue weighted by Gasteiger charge is 2.19. The molecule has 2 rings (SSSR count). The van der Waals surface area contributed by atoms with Crippen LogP contribution in [-0.4, -0.2) is 8.42 Å². The largest absolute Gasteiger partial charge is 0.279 e. The lowest BCUT2D eigenvalue weighted by Crippen LogP contribution is -2.16. The minimum atomic E-state index is -3.61. The van der Waals surface area contributed by atoms with Gasteiger partial charge in [-0.1, -0.05) is 44.2 Å². The van der Waals surface area contributed by atoms with Crippen LogP contribution in [0.4, 0.5) is 5.69 Å². The lowest BCUT2D eigenvalue weighted by atomic mass is 10.0. The van der Waals surface area contributed by atoms with Crippen LogP contribution in [-0.2, 0) is 22.9 Å². The van der Waals surface area contributed by atoms with Crippen LogP contribution < -0.4 is 4.72 Å². The second kappa shape index (κ2) is 6.62. The van der Waals surface area contributed by atoms with Crippen molar-refractivity contribution in [2.75, 3.05) is 4.72 Å². The predicted octanol–water partition coefficient (Wildman–Crippen LogP) is 4.37. The zero-order valence-corrected chi connectivity index (χ0v) is 14.5. The first-order valence-electron chi connectivity index (χ1n) is 6.87. The molecule has 2 aromatic carbocycles. The molecule has 5 heteroatoms. The molecule has 0 radical (unpaired) electrons. The molecule has 112 valence electrons. The summed E-state index contributed by atoms with van der Waals surface area (Å²) in [5.74, 6) is 0. The fourth-order valence-electron chi connectivity index (χ4n) is 2.23. The third kappa shape index (κ3) is 3.47. The van der Waals surface area contributed by atoms with Crippen LogP contribution in [0.2, 0.25) is 0 Å². The molecule has 0 atom stereocenters. The molecule has 0 aliphatic heterocycles. The molecule has 0 heterocycles. The van der Waals surface area contributed by atoms with Gasteiger partial charge in [0, 0.05) is 4.47 Å². The molecule has 2 aromatic rings. The molecule has 0 aliphatic rings. The maximum absolute atomic E-state index is 12.6. The quantitative estimate of drug-likeness (QED) is 0.852. The summed E-state index contributed by atoms with van der Waals surface area (Å²) in [5.41, 5.74) is 2.72. The van der Waals surface area contributed by atoms with E-state index in [1.54, 1.807) is 24.3 Å². The van der Waals surface area contributed by atoms with Crippen molar-refractivity contribution in [3.05, 3.63) is 58.1 Å². The summed E-state index contributed by atoms with van der Waals surface area (Å²) >= 11 is 3.30. The maximum atomic E-state index is 12.6. The first kappa shape index (κ1) is 16.0. The molecule has 0 unspecified atom stereocenters. The van der Waals surface area contributed by atoms with Gasteiger partial charge in [0.05, 0.1) is 5.69 Å². The zero-order valence-electron chi connectivity index (χ0n) is 12.1. The minimum Gasteiger partial charge on any atom is -0.279 e. The fourth-order valence-corrected chi connectivity index (χ4v) is 4.37. The third-order valence-corrected chi connectivity index (χ3v) is 5.72. The summed E-state index contributed by atoms with van der Waals surface area (Å²) < 4.78 is 28.6. The molecule has 0 spiro atoms. The Morgan fingerprint density at radius 2 is 1.52 bits per heavy atom. The lowest BCUT2D eigenvalue weighted by Gasteiger charge is -2.16. The number of hydrogen-bond acceptors (Lipinski definition) is 2. The van der Waals surface area contributed by atoms with Crippen molar-refractivity contribution in [1.82, 2.24) is 0 Å². The zero-order chi connectivity index (χ0) is 15.5. The highest BCUT2D eigenvalue weighted by molar-refractivity contribution is 9.10. The van der Waals surface area contributed by atoms with E-state index in [2.05, 4.69) is 20.7 Å². The summed E-state index contributed by atoms with van der Waals surface area (Å²) in [6.07, 6.45) is 1.56. The van der Waals surface area contributed by atoms with Crippen molar-refractivity contribution in [2.45, 2.75) is 31.6 Å².